The molecule has 2 heterocycles. The zero-order valence-electron chi connectivity index (χ0n) is 11.1. The van der Waals surface area contributed by atoms with Gasteiger partial charge in [0.1, 0.15) is 5.75 Å². The first-order valence-electron chi connectivity index (χ1n) is 6.53. The highest BCUT2D eigenvalue weighted by molar-refractivity contribution is 7.18. The monoisotopic (exact) mass is 320 g/mol. The summed E-state index contributed by atoms with van der Waals surface area (Å²) in [4.78, 5) is 13.2. The first kappa shape index (κ1) is 14.1. The second kappa shape index (κ2) is 5.87. The van der Waals surface area contributed by atoms with Crippen molar-refractivity contribution in [2.75, 3.05) is 6.54 Å². The number of phenols is 1. The molecule has 1 amide bonds. The number of carbonyl (C=O) groups is 1. The van der Waals surface area contributed by atoms with E-state index in [-0.39, 0.29) is 18.1 Å². The molecule has 0 fully saturated rings. The van der Waals surface area contributed by atoms with Gasteiger partial charge in [-0.1, -0.05) is 23.7 Å². The molecular formula is C15H13ClN2O2S. The van der Waals surface area contributed by atoms with Crippen molar-refractivity contribution in [1.82, 2.24) is 5.01 Å². The number of hydrogen-bond donors (Lipinski definition) is 1. The maximum absolute atomic E-state index is 12.2. The van der Waals surface area contributed by atoms with Gasteiger partial charge in [-0.25, -0.2) is 5.01 Å². The Balaban J connectivity index is 1.69. The highest BCUT2D eigenvalue weighted by Gasteiger charge is 2.22. The summed E-state index contributed by atoms with van der Waals surface area (Å²) in [5.74, 6) is 0.153. The van der Waals surface area contributed by atoms with Crippen molar-refractivity contribution in [3.8, 4) is 5.75 Å². The number of halogens is 1. The van der Waals surface area contributed by atoms with Gasteiger partial charge in [0.25, 0.3) is 0 Å². The molecule has 0 radical (unpaired) electrons. The summed E-state index contributed by atoms with van der Waals surface area (Å²) < 4.78 is 0.724. The fourth-order valence-electron chi connectivity index (χ4n) is 2.16. The second-order valence-electron chi connectivity index (χ2n) is 4.76. The SMILES string of the molecule is O=C(Cc1ccc(O)cc1)N1CCC(c2ccc(Cl)s2)=N1. The van der Waals surface area contributed by atoms with E-state index in [0.717, 1.165) is 26.9 Å². The Morgan fingerprint density at radius 2 is 2.05 bits per heavy atom. The summed E-state index contributed by atoms with van der Waals surface area (Å²) in [6.45, 7) is 0.599. The minimum Gasteiger partial charge on any atom is -0.508 e. The van der Waals surface area contributed by atoms with Crippen molar-refractivity contribution in [3.63, 3.8) is 0 Å². The molecule has 4 nitrogen and oxygen atoms in total. The number of nitrogens with zero attached hydrogens (tertiary/aromatic N) is 2. The molecule has 0 atom stereocenters. The average molecular weight is 321 g/mol. The summed E-state index contributed by atoms with van der Waals surface area (Å²) in [6, 6.07) is 10.4. The molecule has 1 aromatic carbocycles. The molecular weight excluding hydrogens is 308 g/mol. The molecule has 2 aromatic rings. The predicted molar refractivity (Wildman–Crippen MR) is 84.0 cm³/mol. The van der Waals surface area contributed by atoms with Crippen molar-refractivity contribution in [1.29, 1.82) is 0 Å². The first-order chi connectivity index (χ1) is 10.1. The van der Waals surface area contributed by atoms with Gasteiger partial charge in [-0.05, 0) is 29.8 Å². The Morgan fingerprint density at radius 1 is 1.29 bits per heavy atom. The van der Waals surface area contributed by atoms with Crippen LogP contribution in [0.15, 0.2) is 41.5 Å². The molecule has 0 saturated heterocycles. The number of rotatable bonds is 3. The van der Waals surface area contributed by atoms with Crippen LogP contribution in [0.5, 0.6) is 5.75 Å². The number of phenolic OH excluding ortho intramolecular Hbond substituents is 1. The highest BCUT2D eigenvalue weighted by Crippen LogP contribution is 2.25. The molecule has 108 valence electrons. The summed E-state index contributed by atoms with van der Waals surface area (Å²) in [7, 11) is 0. The molecule has 0 unspecified atom stereocenters. The lowest BCUT2D eigenvalue weighted by Gasteiger charge is -2.11. The van der Waals surface area contributed by atoms with Crippen LogP contribution in [0.2, 0.25) is 4.34 Å². The van der Waals surface area contributed by atoms with E-state index in [2.05, 4.69) is 5.10 Å². The second-order valence-corrected chi connectivity index (χ2v) is 6.48. The maximum Gasteiger partial charge on any atom is 0.247 e. The lowest BCUT2D eigenvalue weighted by atomic mass is 10.1. The van der Waals surface area contributed by atoms with Gasteiger partial charge in [0.2, 0.25) is 5.91 Å². The molecule has 21 heavy (non-hydrogen) atoms. The number of hydrazone groups is 1. The summed E-state index contributed by atoms with van der Waals surface area (Å²) in [5.41, 5.74) is 1.77. The zero-order chi connectivity index (χ0) is 14.8. The molecule has 1 aliphatic heterocycles. The lowest BCUT2D eigenvalue weighted by molar-refractivity contribution is -0.130. The number of carbonyl (C=O) groups excluding carboxylic acids is 1. The molecule has 0 saturated carbocycles. The number of thiophene rings is 1. The van der Waals surface area contributed by atoms with E-state index in [0.29, 0.717) is 6.54 Å². The molecule has 1 N–H and O–H groups in total. The van der Waals surface area contributed by atoms with Gasteiger partial charge in [-0.2, -0.15) is 5.10 Å². The third-order valence-electron chi connectivity index (χ3n) is 3.24. The minimum atomic E-state index is -0.0432. The first-order valence-corrected chi connectivity index (χ1v) is 7.73. The average Bonchev–Trinajstić information content (AvgIpc) is 3.10. The van der Waals surface area contributed by atoms with Crippen LogP contribution in [0.1, 0.15) is 16.9 Å². The summed E-state index contributed by atoms with van der Waals surface area (Å²) in [6.07, 6.45) is 1.03. The van der Waals surface area contributed by atoms with Crippen LogP contribution < -0.4 is 0 Å². The topological polar surface area (TPSA) is 52.9 Å². The Hall–Kier alpha value is -1.85. The van der Waals surface area contributed by atoms with Crippen molar-refractivity contribution in [2.45, 2.75) is 12.8 Å². The highest BCUT2D eigenvalue weighted by atomic mass is 35.5. The maximum atomic E-state index is 12.2. The van der Waals surface area contributed by atoms with Crippen molar-refractivity contribution < 1.29 is 9.90 Å². The fourth-order valence-corrected chi connectivity index (χ4v) is 3.21. The van der Waals surface area contributed by atoms with E-state index < -0.39 is 0 Å². The smallest absolute Gasteiger partial charge is 0.247 e. The van der Waals surface area contributed by atoms with Crippen LogP contribution in [0.3, 0.4) is 0 Å². The third kappa shape index (κ3) is 3.25. The normalized spacial score (nSPS) is 14.3. The number of benzene rings is 1. The van der Waals surface area contributed by atoms with E-state index in [4.69, 9.17) is 11.6 Å². The third-order valence-corrected chi connectivity index (χ3v) is 4.52. The van der Waals surface area contributed by atoms with E-state index in [9.17, 15) is 9.90 Å². The molecule has 0 bridgehead atoms. The van der Waals surface area contributed by atoms with Crippen molar-refractivity contribution >= 4 is 34.6 Å². The lowest BCUT2D eigenvalue weighted by Crippen LogP contribution is -2.25. The predicted octanol–water partition coefficient (Wildman–Crippen LogP) is 3.29. The molecule has 3 rings (SSSR count). The minimum absolute atomic E-state index is 0.0432. The Kier molecular flexibility index (Phi) is 3.94. The summed E-state index contributed by atoms with van der Waals surface area (Å²) >= 11 is 7.39. The van der Waals surface area contributed by atoms with Crippen molar-refractivity contribution in [2.24, 2.45) is 5.10 Å². The van der Waals surface area contributed by atoms with Gasteiger partial charge in [0.15, 0.2) is 0 Å². The molecule has 1 aliphatic rings. The van der Waals surface area contributed by atoms with Crippen LogP contribution in [-0.4, -0.2) is 28.3 Å². The number of hydrogen-bond acceptors (Lipinski definition) is 4. The molecule has 1 aromatic heterocycles. The largest absolute Gasteiger partial charge is 0.508 e. The van der Waals surface area contributed by atoms with Crippen LogP contribution in [0.25, 0.3) is 0 Å². The zero-order valence-corrected chi connectivity index (χ0v) is 12.7. The molecule has 0 spiro atoms. The Labute approximate surface area is 131 Å². The summed E-state index contributed by atoms with van der Waals surface area (Å²) in [5, 5.41) is 15.1. The van der Waals surface area contributed by atoms with Crippen LogP contribution in [0, 0.1) is 0 Å². The number of aromatic hydroxyl groups is 1. The van der Waals surface area contributed by atoms with Gasteiger partial charge >= 0.3 is 0 Å². The van der Waals surface area contributed by atoms with Gasteiger partial charge < -0.3 is 5.11 Å². The van der Waals surface area contributed by atoms with Gasteiger partial charge in [0, 0.05) is 6.42 Å². The van der Waals surface area contributed by atoms with Crippen LogP contribution in [0.4, 0.5) is 0 Å². The standard InChI is InChI=1S/C15H13ClN2O2S/c16-14-6-5-13(21-14)12-7-8-18(17-12)15(20)9-10-1-3-11(19)4-2-10/h1-6,19H,7-9H2. The molecule has 0 aliphatic carbocycles. The van der Waals surface area contributed by atoms with Crippen LogP contribution >= 0.6 is 22.9 Å². The van der Waals surface area contributed by atoms with Crippen molar-refractivity contribution in [3.05, 3.63) is 51.2 Å². The fraction of sp³-hybridized carbons (Fsp3) is 0.200. The van der Waals surface area contributed by atoms with E-state index in [1.165, 1.54) is 16.3 Å². The van der Waals surface area contributed by atoms with Crippen LogP contribution in [-0.2, 0) is 11.2 Å². The van der Waals surface area contributed by atoms with E-state index in [1.807, 2.05) is 12.1 Å². The van der Waals surface area contributed by atoms with E-state index >= 15 is 0 Å². The van der Waals surface area contributed by atoms with Gasteiger partial charge in [-0.3, -0.25) is 4.79 Å². The quantitative estimate of drug-likeness (QED) is 0.943. The molecule has 6 heteroatoms. The van der Waals surface area contributed by atoms with Gasteiger partial charge in [0.05, 0.1) is 27.9 Å². The number of amides is 1. The van der Waals surface area contributed by atoms with E-state index in [1.54, 1.807) is 24.3 Å². The van der Waals surface area contributed by atoms with Gasteiger partial charge in [-0.15, -0.1) is 11.3 Å². The Bertz CT molecular complexity index is 694. The Morgan fingerprint density at radius 3 is 2.71 bits per heavy atom.